The number of rotatable bonds is 2. The maximum absolute atomic E-state index is 9.90. The van der Waals surface area contributed by atoms with Crippen molar-refractivity contribution in [3.8, 4) is 5.75 Å². The van der Waals surface area contributed by atoms with Gasteiger partial charge < -0.3 is 9.67 Å². The van der Waals surface area contributed by atoms with E-state index in [0.717, 1.165) is 11.5 Å². The Bertz CT molecular complexity index is 696. The van der Waals surface area contributed by atoms with Crippen LogP contribution < -0.4 is 5.43 Å². The third-order valence-corrected chi connectivity index (χ3v) is 3.89. The molecule has 0 radical (unpaired) electrons. The second kappa shape index (κ2) is 5.00. The number of hydrazone groups is 1. The minimum atomic E-state index is -0.0686. The molecule has 0 spiro atoms. The molecular formula is C13H12Cl2N4O. The Hall–Kier alpha value is -1.72. The van der Waals surface area contributed by atoms with Crippen LogP contribution in [0.1, 0.15) is 23.9 Å². The number of phenols is 1. The monoisotopic (exact) mass is 310 g/mol. The van der Waals surface area contributed by atoms with Crippen LogP contribution in [0.2, 0.25) is 10.2 Å². The first-order chi connectivity index (χ1) is 9.56. The van der Waals surface area contributed by atoms with E-state index in [1.54, 1.807) is 29.0 Å². The number of benzene rings is 1. The summed E-state index contributed by atoms with van der Waals surface area (Å²) in [5.41, 5.74) is 4.39. The number of aromatic hydroxyl groups is 1. The van der Waals surface area contributed by atoms with Crippen molar-refractivity contribution in [1.82, 2.24) is 15.0 Å². The maximum Gasteiger partial charge on any atom is 0.134 e. The van der Waals surface area contributed by atoms with E-state index < -0.39 is 0 Å². The van der Waals surface area contributed by atoms with Crippen LogP contribution >= 0.6 is 23.2 Å². The van der Waals surface area contributed by atoms with Gasteiger partial charge in [-0.2, -0.15) is 5.10 Å². The van der Waals surface area contributed by atoms with Crippen LogP contribution in [-0.4, -0.2) is 20.4 Å². The molecule has 0 aliphatic carbocycles. The lowest BCUT2D eigenvalue weighted by molar-refractivity contribution is 0.474. The molecule has 5 nitrogen and oxygen atoms in total. The second-order valence-corrected chi connectivity index (χ2v) is 5.43. The van der Waals surface area contributed by atoms with Gasteiger partial charge in [0.05, 0.1) is 11.9 Å². The van der Waals surface area contributed by atoms with Crippen LogP contribution in [0.15, 0.2) is 29.5 Å². The van der Waals surface area contributed by atoms with Crippen molar-refractivity contribution in [2.75, 3.05) is 0 Å². The van der Waals surface area contributed by atoms with Crippen LogP contribution in [0, 0.1) is 0 Å². The van der Waals surface area contributed by atoms with E-state index in [4.69, 9.17) is 23.2 Å². The van der Waals surface area contributed by atoms with Crippen molar-refractivity contribution in [2.24, 2.45) is 12.1 Å². The van der Waals surface area contributed by atoms with E-state index in [1.807, 2.05) is 7.05 Å². The fourth-order valence-corrected chi connectivity index (χ4v) is 2.53. The van der Waals surface area contributed by atoms with Gasteiger partial charge in [-0.15, -0.1) is 0 Å². The van der Waals surface area contributed by atoms with Crippen LogP contribution in [-0.2, 0) is 7.05 Å². The molecule has 1 aromatic heterocycles. The third kappa shape index (κ3) is 2.23. The quantitative estimate of drug-likeness (QED) is 0.896. The number of imidazole rings is 1. The van der Waals surface area contributed by atoms with E-state index in [0.29, 0.717) is 22.2 Å². The lowest BCUT2D eigenvalue weighted by atomic mass is 10.0. The highest BCUT2D eigenvalue weighted by atomic mass is 35.5. The number of hydrogen-bond acceptors (Lipinski definition) is 4. The van der Waals surface area contributed by atoms with Crippen molar-refractivity contribution in [3.05, 3.63) is 46.0 Å². The average molecular weight is 311 g/mol. The summed E-state index contributed by atoms with van der Waals surface area (Å²) in [6.45, 7) is 0. The Labute approximate surface area is 125 Å². The number of aromatic nitrogens is 2. The summed E-state index contributed by atoms with van der Waals surface area (Å²) in [5.74, 6) is 0.962. The van der Waals surface area contributed by atoms with E-state index in [-0.39, 0.29) is 11.8 Å². The van der Waals surface area contributed by atoms with Gasteiger partial charge in [0.1, 0.15) is 22.8 Å². The maximum atomic E-state index is 9.90. The number of hydrogen-bond donors (Lipinski definition) is 2. The zero-order valence-electron chi connectivity index (χ0n) is 10.6. The molecule has 1 aromatic carbocycles. The van der Waals surface area contributed by atoms with Crippen molar-refractivity contribution < 1.29 is 5.11 Å². The Morgan fingerprint density at radius 1 is 1.40 bits per heavy atom. The van der Waals surface area contributed by atoms with E-state index >= 15 is 0 Å². The SMILES string of the molecule is Cn1c(Cl)cnc1C1CC(c2cc(Cl)ccc2O)=NN1. The Morgan fingerprint density at radius 3 is 2.90 bits per heavy atom. The van der Waals surface area contributed by atoms with Crippen LogP contribution in [0.5, 0.6) is 5.75 Å². The molecule has 0 fully saturated rings. The first-order valence-electron chi connectivity index (χ1n) is 6.04. The molecule has 2 aromatic rings. The fourth-order valence-electron chi connectivity index (χ4n) is 2.22. The summed E-state index contributed by atoms with van der Waals surface area (Å²) in [6, 6.07) is 4.83. The van der Waals surface area contributed by atoms with E-state index in [9.17, 15) is 5.11 Å². The zero-order valence-corrected chi connectivity index (χ0v) is 12.2. The lowest BCUT2D eigenvalue weighted by Crippen LogP contribution is -2.15. The second-order valence-electron chi connectivity index (χ2n) is 4.60. The lowest BCUT2D eigenvalue weighted by Gasteiger charge is -2.10. The molecule has 20 heavy (non-hydrogen) atoms. The molecule has 7 heteroatoms. The Kier molecular flexibility index (Phi) is 3.31. The van der Waals surface area contributed by atoms with Gasteiger partial charge in [-0.25, -0.2) is 4.98 Å². The molecule has 3 rings (SSSR count). The predicted octanol–water partition coefficient (Wildman–Crippen LogP) is 2.87. The summed E-state index contributed by atoms with van der Waals surface area (Å²) < 4.78 is 1.80. The van der Waals surface area contributed by atoms with Gasteiger partial charge in [0, 0.05) is 24.1 Å². The van der Waals surface area contributed by atoms with Gasteiger partial charge in [0.2, 0.25) is 0 Å². The molecule has 2 N–H and O–H groups in total. The van der Waals surface area contributed by atoms with Gasteiger partial charge in [-0.05, 0) is 18.2 Å². The molecule has 1 unspecified atom stereocenters. The highest BCUT2D eigenvalue weighted by molar-refractivity contribution is 6.31. The average Bonchev–Trinajstić information content (AvgIpc) is 3.01. The van der Waals surface area contributed by atoms with Gasteiger partial charge in [-0.1, -0.05) is 23.2 Å². The van der Waals surface area contributed by atoms with Crippen molar-refractivity contribution in [3.63, 3.8) is 0 Å². The first-order valence-corrected chi connectivity index (χ1v) is 6.80. The minimum Gasteiger partial charge on any atom is -0.507 e. The molecule has 1 atom stereocenters. The summed E-state index contributed by atoms with van der Waals surface area (Å²) in [5, 5.41) is 15.3. The summed E-state index contributed by atoms with van der Waals surface area (Å²) in [6.07, 6.45) is 2.21. The zero-order chi connectivity index (χ0) is 14.3. The Morgan fingerprint density at radius 2 is 2.20 bits per heavy atom. The number of nitrogens with zero attached hydrogens (tertiary/aromatic N) is 3. The van der Waals surface area contributed by atoms with Crippen LogP contribution in [0.3, 0.4) is 0 Å². The van der Waals surface area contributed by atoms with Gasteiger partial charge >= 0.3 is 0 Å². The van der Waals surface area contributed by atoms with Crippen molar-refractivity contribution in [2.45, 2.75) is 12.5 Å². The molecule has 0 bridgehead atoms. The molecule has 0 saturated heterocycles. The predicted molar refractivity (Wildman–Crippen MR) is 78.4 cm³/mol. The highest BCUT2D eigenvalue weighted by Crippen LogP contribution is 2.29. The standard InChI is InChI=1S/C13H12Cl2N4O/c1-19-12(15)6-16-13(19)10-5-9(17-18-10)8-4-7(14)2-3-11(8)20/h2-4,6,10,18,20H,5H2,1H3. The topological polar surface area (TPSA) is 62.4 Å². The van der Waals surface area contributed by atoms with E-state index in [1.165, 1.54) is 0 Å². The number of halogens is 2. The molecule has 1 aliphatic rings. The first kappa shape index (κ1) is 13.3. The summed E-state index contributed by atoms with van der Waals surface area (Å²) in [4.78, 5) is 4.27. The molecular weight excluding hydrogens is 299 g/mol. The molecule has 0 saturated carbocycles. The van der Waals surface area contributed by atoms with Gasteiger partial charge in [0.15, 0.2) is 0 Å². The van der Waals surface area contributed by atoms with Crippen molar-refractivity contribution in [1.29, 1.82) is 0 Å². The smallest absolute Gasteiger partial charge is 0.134 e. The number of nitrogens with one attached hydrogen (secondary N) is 1. The third-order valence-electron chi connectivity index (χ3n) is 3.30. The van der Waals surface area contributed by atoms with Gasteiger partial charge in [0.25, 0.3) is 0 Å². The van der Waals surface area contributed by atoms with E-state index in [2.05, 4.69) is 15.5 Å². The summed E-state index contributed by atoms with van der Waals surface area (Å²) >= 11 is 11.9. The summed E-state index contributed by atoms with van der Waals surface area (Å²) in [7, 11) is 1.85. The molecule has 0 amide bonds. The highest BCUT2D eigenvalue weighted by Gasteiger charge is 2.26. The Balaban J connectivity index is 1.86. The minimum absolute atomic E-state index is 0.0686. The van der Waals surface area contributed by atoms with Crippen LogP contribution in [0.25, 0.3) is 0 Å². The molecule has 1 aliphatic heterocycles. The van der Waals surface area contributed by atoms with Crippen molar-refractivity contribution >= 4 is 28.9 Å². The number of phenolic OH excluding ortho intramolecular Hbond substituents is 1. The largest absolute Gasteiger partial charge is 0.507 e. The molecule has 104 valence electrons. The fraction of sp³-hybridized carbons (Fsp3) is 0.231. The molecule has 2 heterocycles. The van der Waals surface area contributed by atoms with Crippen LogP contribution in [0.4, 0.5) is 0 Å². The normalized spacial score (nSPS) is 17.9. The van der Waals surface area contributed by atoms with Gasteiger partial charge in [-0.3, -0.25) is 5.43 Å².